The highest BCUT2D eigenvalue weighted by Crippen LogP contribution is 2.24. The second-order valence-corrected chi connectivity index (χ2v) is 5.18. The Kier molecular flexibility index (Phi) is 3.99. The number of carbonyl (C=O) groups excluding carboxylic acids is 1. The molecule has 2 aromatic carbocycles. The molecule has 0 aliphatic carbocycles. The molecule has 3 rings (SSSR count). The van der Waals surface area contributed by atoms with Crippen LogP contribution >= 0.6 is 11.6 Å². The van der Waals surface area contributed by atoms with Gasteiger partial charge in [0, 0.05) is 10.6 Å². The minimum atomic E-state index is -0.694. The summed E-state index contributed by atoms with van der Waals surface area (Å²) < 4.78 is 6.69. The van der Waals surface area contributed by atoms with Crippen molar-refractivity contribution in [1.29, 1.82) is 0 Å². The van der Waals surface area contributed by atoms with Crippen LogP contribution in [0, 0.1) is 0 Å². The first-order chi connectivity index (χ1) is 11.1. The molecule has 0 atom stereocenters. The standard InChI is InChI=1S/C16H13ClN4O2/c1-23-13-7-5-12(6-8-13)21-16(19-15(20-21)14(18)22)10-3-2-4-11(17)9-10/h2-9H,1H3,(H2,18,22). The van der Waals surface area contributed by atoms with Crippen molar-refractivity contribution in [3.05, 3.63) is 59.4 Å². The summed E-state index contributed by atoms with van der Waals surface area (Å²) in [6.45, 7) is 0. The summed E-state index contributed by atoms with van der Waals surface area (Å²) in [5.74, 6) is 0.441. The fourth-order valence-electron chi connectivity index (χ4n) is 2.13. The lowest BCUT2D eigenvalue weighted by atomic mass is 10.2. The molecule has 0 unspecified atom stereocenters. The van der Waals surface area contributed by atoms with Gasteiger partial charge < -0.3 is 10.5 Å². The van der Waals surface area contributed by atoms with Gasteiger partial charge in [0.1, 0.15) is 5.75 Å². The van der Waals surface area contributed by atoms with Gasteiger partial charge in [-0.05, 0) is 36.4 Å². The van der Waals surface area contributed by atoms with Crippen molar-refractivity contribution in [1.82, 2.24) is 14.8 Å². The van der Waals surface area contributed by atoms with E-state index in [9.17, 15) is 4.79 Å². The van der Waals surface area contributed by atoms with Crippen LogP contribution in [0.5, 0.6) is 5.75 Å². The molecule has 0 aliphatic heterocycles. The van der Waals surface area contributed by atoms with E-state index in [4.69, 9.17) is 22.1 Å². The smallest absolute Gasteiger partial charge is 0.288 e. The Morgan fingerprint density at radius 1 is 1.22 bits per heavy atom. The summed E-state index contributed by atoms with van der Waals surface area (Å²) in [5, 5.41) is 4.75. The average molecular weight is 329 g/mol. The van der Waals surface area contributed by atoms with E-state index >= 15 is 0 Å². The Labute approximate surface area is 137 Å². The van der Waals surface area contributed by atoms with E-state index in [0.29, 0.717) is 16.6 Å². The molecule has 6 nitrogen and oxygen atoms in total. The van der Waals surface area contributed by atoms with Crippen LogP contribution in [0.25, 0.3) is 17.1 Å². The summed E-state index contributed by atoms with van der Waals surface area (Å²) in [7, 11) is 1.59. The predicted molar refractivity (Wildman–Crippen MR) is 86.9 cm³/mol. The van der Waals surface area contributed by atoms with Crippen LogP contribution in [0.2, 0.25) is 5.02 Å². The molecule has 0 saturated heterocycles. The second kappa shape index (κ2) is 6.10. The summed E-state index contributed by atoms with van der Waals surface area (Å²) in [5.41, 5.74) is 6.76. The number of methoxy groups -OCH3 is 1. The van der Waals surface area contributed by atoms with Gasteiger partial charge in [-0.25, -0.2) is 9.67 Å². The molecule has 116 valence electrons. The molecular weight excluding hydrogens is 316 g/mol. The van der Waals surface area contributed by atoms with Crippen LogP contribution in [0.4, 0.5) is 0 Å². The first-order valence-electron chi connectivity index (χ1n) is 6.75. The number of nitrogens with two attached hydrogens (primary N) is 1. The first kappa shape index (κ1) is 15.1. The fraction of sp³-hybridized carbons (Fsp3) is 0.0625. The number of rotatable bonds is 4. The topological polar surface area (TPSA) is 83.0 Å². The van der Waals surface area contributed by atoms with Crippen molar-refractivity contribution in [2.75, 3.05) is 7.11 Å². The van der Waals surface area contributed by atoms with E-state index in [1.807, 2.05) is 18.2 Å². The molecule has 23 heavy (non-hydrogen) atoms. The van der Waals surface area contributed by atoms with Gasteiger partial charge in [-0.15, -0.1) is 5.10 Å². The fourth-order valence-corrected chi connectivity index (χ4v) is 2.32. The van der Waals surface area contributed by atoms with E-state index in [1.54, 1.807) is 42.1 Å². The third-order valence-electron chi connectivity index (χ3n) is 3.23. The number of ether oxygens (including phenoxy) is 1. The zero-order chi connectivity index (χ0) is 16.4. The molecule has 0 spiro atoms. The van der Waals surface area contributed by atoms with Crippen molar-refractivity contribution in [2.45, 2.75) is 0 Å². The van der Waals surface area contributed by atoms with Gasteiger partial charge in [0.25, 0.3) is 5.91 Å². The average Bonchev–Trinajstić information content (AvgIpc) is 3.00. The summed E-state index contributed by atoms with van der Waals surface area (Å²) in [6, 6.07) is 14.4. The molecule has 0 fully saturated rings. The highest BCUT2D eigenvalue weighted by atomic mass is 35.5. The zero-order valence-corrected chi connectivity index (χ0v) is 13.0. The van der Waals surface area contributed by atoms with Crippen LogP contribution < -0.4 is 10.5 Å². The lowest BCUT2D eigenvalue weighted by Gasteiger charge is -2.07. The van der Waals surface area contributed by atoms with Gasteiger partial charge in [0.05, 0.1) is 12.8 Å². The molecule has 0 saturated carbocycles. The van der Waals surface area contributed by atoms with E-state index in [-0.39, 0.29) is 5.82 Å². The molecule has 1 amide bonds. The highest BCUT2D eigenvalue weighted by Gasteiger charge is 2.17. The van der Waals surface area contributed by atoms with Crippen LogP contribution in [0.15, 0.2) is 48.5 Å². The SMILES string of the molecule is COc1ccc(-n2nc(C(N)=O)nc2-c2cccc(Cl)c2)cc1. The minimum absolute atomic E-state index is 0.0595. The Bertz CT molecular complexity index is 859. The monoisotopic (exact) mass is 328 g/mol. The summed E-state index contributed by atoms with van der Waals surface area (Å²) in [4.78, 5) is 15.7. The normalized spacial score (nSPS) is 10.5. The number of hydrogen-bond acceptors (Lipinski definition) is 4. The molecule has 0 bridgehead atoms. The quantitative estimate of drug-likeness (QED) is 0.798. The molecule has 1 heterocycles. The van der Waals surface area contributed by atoms with Gasteiger partial charge in [0.15, 0.2) is 5.82 Å². The third-order valence-corrected chi connectivity index (χ3v) is 3.46. The molecule has 1 aromatic heterocycles. The maximum absolute atomic E-state index is 11.4. The second-order valence-electron chi connectivity index (χ2n) is 4.74. The van der Waals surface area contributed by atoms with Gasteiger partial charge >= 0.3 is 0 Å². The van der Waals surface area contributed by atoms with Gasteiger partial charge in [-0.2, -0.15) is 0 Å². The van der Waals surface area contributed by atoms with Crippen molar-refractivity contribution in [3.63, 3.8) is 0 Å². The van der Waals surface area contributed by atoms with E-state index < -0.39 is 5.91 Å². The van der Waals surface area contributed by atoms with Crippen molar-refractivity contribution < 1.29 is 9.53 Å². The summed E-state index contributed by atoms with van der Waals surface area (Å²) in [6.07, 6.45) is 0. The van der Waals surface area contributed by atoms with Crippen LogP contribution in [-0.2, 0) is 0 Å². The molecule has 0 radical (unpaired) electrons. The van der Waals surface area contributed by atoms with Gasteiger partial charge in [0.2, 0.25) is 5.82 Å². The van der Waals surface area contributed by atoms with E-state index in [0.717, 1.165) is 11.3 Å². The number of aromatic nitrogens is 3. The van der Waals surface area contributed by atoms with E-state index in [2.05, 4.69) is 10.1 Å². The molecule has 3 aromatic rings. The maximum atomic E-state index is 11.4. The highest BCUT2D eigenvalue weighted by molar-refractivity contribution is 6.30. The number of halogens is 1. The Balaban J connectivity index is 2.16. The van der Waals surface area contributed by atoms with Crippen LogP contribution in [-0.4, -0.2) is 27.8 Å². The maximum Gasteiger partial charge on any atom is 0.288 e. The van der Waals surface area contributed by atoms with Gasteiger partial charge in [-0.3, -0.25) is 4.79 Å². The predicted octanol–water partition coefficient (Wildman–Crippen LogP) is 2.70. The van der Waals surface area contributed by atoms with E-state index in [1.165, 1.54) is 0 Å². The molecule has 7 heteroatoms. The first-order valence-corrected chi connectivity index (χ1v) is 7.13. The molecule has 0 aliphatic rings. The molecule has 2 N–H and O–H groups in total. The van der Waals surface area contributed by atoms with Crippen LogP contribution in [0.1, 0.15) is 10.6 Å². The third kappa shape index (κ3) is 3.02. The van der Waals surface area contributed by atoms with Crippen molar-refractivity contribution in [3.8, 4) is 22.8 Å². The lowest BCUT2D eigenvalue weighted by molar-refractivity contribution is 0.0990. The largest absolute Gasteiger partial charge is 0.497 e. The summed E-state index contributed by atoms with van der Waals surface area (Å²) >= 11 is 6.04. The number of carbonyl (C=O) groups is 1. The number of benzene rings is 2. The number of primary amides is 1. The minimum Gasteiger partial charge on any atom is -0.497 e. The van der Waals surface area contributed by atoms with Crippen LogP contribution in [0.3, 0.4) is 0 Å². The molecular formula is C16H13ClN4O2. The zero-order valence-electron chi connectivity index (χ0n) is 12.2. The van der Waals surface area contributed by atoms with Crippen molar-refractivity contribution in [2.24, 2.45) is 5.73 Å². The Morgan fingerprint density at radius 2 is 1.96 bits per heavy atom. The number of amides is 1. The lowest BCUT2D eigenvalue weighted by Crippen LogP contribution is -2.13. The van der Waals surface area contributed by atoms with Gasteiger partial charge in [-0.1, -0.05) is 23.7 Å². The van der Waals surface area contributed by atoms with Crippen molar-refractivity contribution >= 4 is 17.5 Å². The Morgan fingerprint density at radius 3 is 2.57 bits per heavy atom. The Hall–Kier alpha value is -2.86. The number of hydrogen-bond donors (Lipinski definition) is 1. The number of nitrogens with zero attached hydrogens (tertiary/aromatic N) is 3.